The number of hydrogen-bond acceptors (Lipinski definition) is 4. The van der Waals surface area contributed by atoms with Gasteiger partial charge in [-0.05, 0) is 50.9 Å². The largest absolute Gasteiger partial charge is 0.428 e. The van der Waals surface area contributed by atoms with Crippen molar-refractivity contribution in [3.63, 3.8) is 0 Å². The first-order chi connectivity index (χ1) is 10.6. The maximum Gasteiger partial charge on any atom is 0.322 e. The van der Waals surface area contributed by atoms with Gasteiger partial charge in [-0.15, -0.1) is 0 Å². The number of aromatic nitrogens is 1. The number of rotatable bonds is 3. The molecule has 2 rings (SSSR count). The van der Waals surface area contributed by atoms with Crippen LogP contribution < -0.4 is 10.6 Å². The average molecular weight is 323 g/mol. The van der Waals surface area contributed by atoms with Gasteiger partial charge >= 0.3 is 12.0 Å². The number of aliphatic hydroxyl groups is 1. The normalized spacial score (nSPS) is 25.2. The average Bonchev–Trinajstić information content (AvgIpc) is 2.74. The van der Waals surface area contributed by atoms with Crippen LogP contribution in [-0.2, 0) is 0 Å². The van der Waals surface area contributed by atoms with E-state index in [-0.39, 0.29) is 18.0 Å². The lowest BCUT2D eigenvalue weighted by atomic mass is 9.68. The van der Waals surface area contributed by atoms with Crippen LogP contribution in [0.1, 0.15) is 57.9 Å². The van der Waals surface area contributed by atoms with Crippen LogP contribution in [0.3, 0.4) is 0 Å². The van der Waals surface area contributed by atoms with Gasteiger partial charge < -0.3 is 14.8 Å². The smallest absolute Gasteiger partial charge is 0.322 e. The molecule has 0 unspecified atom stereocenters. The molecule has 1 aromatic rings. The molecule has 130 valence electrons. The van der Waals surface area contributed by atoms with E-state index in [0.717, 1.165) is 18.5 Å². The summed E-state index contributed by atoms with van der Waals surface area (Å²) >= 11 is 0. The van der Waals surface area contributed by atoms with E-state index in [9.17, 15) is 9.90 Å². The van der Waals surface area contributed by atoms with Gasteiger partial charge in [0.2, 0.25) is 0 Å². The number of nitrogens with zero attached hydrogens (tertiary/aromatic N) is 1. The molecule has 1 fully saturated rings. The van der Waals surface area contributed by atoms with Crippen LogP contribution in [0.2, 0.25) is 0 Å². The highest BCUT2D eigenvalue weighted by molar-refractivity contribution is 5.87. The predicted molar refractivity (Wildman–Crippen MR) is 89.4 cm³/mol. The molecule has 0 aliphatic heterocycles. The molecule has 0 aromatic carbocycles. The zero-order valence-corrected chi connectivity index (χ0v) is 14.8. The van der Waals surface area contributed by atoms with Gasteiger partial charge in [-0.3, -0.25) is 5.32 Å². The monoisotopic (exact) mass is 323 g/mol. The lowest BCUT2D eigenvalue weighted by Crippen LogP contribution is -2.47. The van der Waals surface area contributed by atoms with Crippen molar-refractivity contribution in [2.24, 2.45) is 11.3 Å². The van der Waals surface area contributed by atoms with E-state index >= 15 is 0 Å². The number of oxazole rings is 1. The van der Waals surface area contributed by atoms with Gasteiger partial charge in [0.05, 0.1) is 11.3 Å². The minimum Gasteiger partial charge on any atom is -0.428 e. The third kappa shape index (κ3) is 4.70. The fourth-order valence-electron chi connectivity index (χ4n) is 3.11. The minimum absolute atomic E-state index is 0.181. The molecule has 0 atom stereocenters. The van der Waals surface area contributed by atoms with E-state index in [1.54, 1.807) is 6.92 Å². The Morgan fingerprint density at radius 2 is 1.96 bits per heavy atom. The molecule has 0 spiro atoms. The van der Waals surface area contributed by atoms with Crippen molar-refractivity contribution >= 4 is 12.0 Å². The number of nitrogens with one attached hydrogen (secondary N) is 2. The molecule has 1 aliphatic carbocycles. The molecule has 0 bridgehead atoms. The fraction of sp³-hybridized carbons (Fsp3) is 0.765. The number of hydrogen-bond donors (Lipinski definition) is 3. The first-order valence-corrected chi connectivity index (χ1v) is 8.30. The molecule has 1 heterocycles. The highest BCUT2D eigenvalue weighted by Crippen LogP contribution is 2.41. The van der Waals surface area contributed by atoms with Crippen molar-refractivity contribution in [3.8, 4) is 0 Å². The third-order valence-electron chi connectivity index (χ3n) is 4.97. The van der Waals surface area contributed by atoms with E-state index in [2.05, 4.69) is 36.4 Å². The summed E-state index contributed by atoms with van der Waals surface area (Å²) in [7, 11) is 0. The summed E-state index contributed by atoms with van der Waals surface area (Å²) in [5.41, 5.74) is 0.202. The molecule has 1 aromatic heterocycles. The van der Waals surface area contributed by atoms with E-state index in [1.807, 2.05) is 6.92 Å². The van der Waals surface area contributed by atoms with Crippen molar-refractivity contribution in [2.75, 3.05) is 11.9 Å². The van der Waals surface area contributed by atoms with E-state index in [0.29, 0.717) is 24.5 Å². The summed E-state index contributed by atoms with van der Waals surface area (Å²) in [4.78, 5) is 16.0. The van der Waals surface area contributed by atoms with Gasteiger partial charge in [-0.1, -0.05) is 20.8 Å². The summed E-state index contributed by atoms with van der Waals surface area (Å²) in [6.45, 7) is 10.6. The van der Waals surface area contributed by atoms with Crippen LogP contribution in [0.5, 0.6) is 0 Å². The number of aryl methyl sites for hydroxylation is 2. The molecule has 2 amide bonds. The van der Waals surface area contributed by atoms with Crippen molar-refractivity contribution in [1.29, 1.82) is 0 Å². The molecular weight excluding hydrogens is 294 g/mol. The van der Waals surface area contributed by atoms with Crippen LogP contribution in [0.25, 0.3) is 0 Å². The zero-order valence-electron chi connectivity index (χ0n) is 14.8. The third-order valence-corrected chi connectivity index (χ3v) is 4.97. The number of amides is 2. The van der Waals surface area contributed by atoms with Crippen LogP contribution in [0.15, 0.2) is 4.42 Å². The Bertz CT molecular complexity index is 532. The second-order valence-electron chi connectivity index (χ2n) is 7.83. The molecule has 0 radical (unpaired) electrons. The number of carbonyl (C=O) groups excluding carboxylic acids is 1. The summed E-state index contributed by atoms with van der Waals surface area (Å²) in [5.74, 6) is 1.30. The summed E-state index contributed by atoms with van der Waals surface area (Å²) in [6, 6.07) is -0.224. The van der Waals surface area contributed by atoms with Crippen molar-refractivity contribution < 1.29 is 14.3 Å². The molecule has 6 heteroatoms. The fourth-order valence-corrected chi connectivity index (χ4v) is 3.11. The lowest BCUT2D eigenvalue weighted by molar-refractivity contribution is -0.0216. The zero-order chi connectivity index (χ0) is 17.3. The maximum atomic E-state index is 11.9. The van der Waals surface area contributed by atoms with E-state index < -0.39 is 11.6 Å². The molecule has 1 aliphatic rings. The Morgan fingerprint density at radius 3 is 2.43 bits per heavy atom. The Labute approximate surface area is 138 Å². The predicted octanol–water partition coefficient (Wildman–Crippen LogP) is 3.38. The summed E-state index contributed by atoms with van der Waals surface area (Å²) in [6.07, 6.45) is 3.40. The molecule has 1 saturated carbocycles. The number of urea groups is 1. The van der Waals surface area contributed by atoms with Gasteiger partial charge in [0, 0.05) is 6.54 Å². The standard InChI is InChI=1S/C17H29N3O3/c1-11-12(2)23-15(19-11)20-14(21)18-10-17(22)8-6-13(7-9-17)16(3,4)5/h13,22H,6-10H2,1-5H3,(H2,18,19,20,21). The number of carbonyl (C=O) groups is 1. The van der Waals surface area contributed by atoms with Crippen LogP contribution in [0, 0.1) is 25.2 Å². The Balaban J connectivity index is 1.80. The first-order valence-electron chi connectivity index (χ1n) is 8.30. The Morgan fingerprint density at radius 1 is 1.35 bits per heavy atom. The summed E-state index contributed by atoms with van der Waals surface area (Å²) in [5, 5.41) is 15.9. The second-order valence-corrected chi connectivity index (χ2v) is 7.83. The number of anilines is 1. The topological polar surface area (TPSA) is 87.4 Å². The Hall–Kier alpha value is -1.56. The highest BCUT2D eigenvalue weighted by atomic mass is 16.4. The molecule has 6 nitrogen and oxygen atoms in total. The molecule has 23 heavy (non-hydrogen) atoms. The van der Waals surface area contributed by atoms with Gasteiger partial charge in [-0.25, -0.2) is 4.79 Å². The minimum atomic E-state index is -0.818. The van der Waals surface area contributed by atoms with Crippen molar-refractivity contribution in [3.05, 3.63) is 11.5 Å². The van der Waals surface area contributed by atoms with Gasteiger partial charge in [0.1, 0.15) is 5.76 Å². The molecular formula is C17H29N3O3. The van der Waals surface area contributed by atoms with Crippen molar-refractivity contribution in [2.45, 2.75) is 65.9 Å². The summed E-state index contributed by atoms with van der Waals surface area (Å²) < 4.78 is 5.31. The van der Waals surface area contributed by atoms with E-state index in [1.165, 1.54) is 0 Å². The van der Waals surface area contributed by atoms with Gasteiger partial charge in [0.25, 0.3) is 0 Å². The van der Waals surface area contributed by atoms with Crippen LogP contribution in [-0.4, -0.2) is 28.3 Å². The van der Waals surface area contributed by atoms with Gasteiger partial charge in [-0.2, -0.15) is 4.98 Å². The highest BCUT2D eigenvalue weighted by Gasteiger charge is 2.37. The first kappa shape index (κ1) is 17.8. The van der Waals surface area contributed by atoms with Crippen LogP contribution >= 0.6 is 0 Å². The van der Waals surface area contributed by atoms with Gasteiger partial charge in [0.15, 0.2) is 0 Å². The molecule has 3 N–H and O–H groups in total. The quantitative estimate of drug-likeness (QED) is 0.796. The SMILES string of the molecule is Cc1nc(NC(=O)NCC2(O)CCC(C(C)(C)C)CC2)oc1C. The lowest BCUT2D eigenvalue weighted by Gasteiger charge is -2.41. The Kier molecular flexibility index (Phi) is 5.04. The molecule has 0 saturated heterocycles. The van der Waals surface area contributed by atoms with Crippen molar-refractivity contribution in [1.82, 2.24) is 10.3 Å². The second kappa shape index (κ2) is 6.51. The van der Waals surface area contributed by atoms with E-state index in [4.69, 9.17) is 4.42 Å². The maximum absolute atomic E-state index is 11.9. The van der Waals surface area contributed by atoms with Crippen LogP contribution in [0.4, 0.5) is 10.8 Å².